The lowest BCUT2D eigenvalue weighted by atomic mass is 10.2. The maximum atomic E-state index is 5.05. The third-order valence-electron chi connectivity index (χ3n) is 3.04. The highest BCUT2D eigenvalue weighted by atomic mass is 16.5. The number of ether oxygens (including phenoxy) is 1. The summed E-state index contributed by atoms with van der Waals surface area (Å²) in [5, 5.41) is 3.53. The van der Waals surface area contributed by atoms with Crippen molar-refractivity contribution in [3.05, 3.63) is 0 Å². The third-order valence-corrected chi connectivity index (χ3v) is 3.04. The molecule has 16 heavy (non-hydrogen) atoms. The topological polar surface area (TPSA) is 24.5 Å². The van der Waals surface area contributed by atoms with Crippen LogP contribution in [0.2, 0.25) is 0 Å². The minimum absolute atomic E-state index is 0.577. The Morgan fingerprint density at radius 3 is 2.44 bits per heavy atom. The Labute approximate surface area is 102 Å². The van der Waals surface area contributed by atoms with E-state index in [4.69, 9.17) is 4.74 Å². The van der Waals surface area contributed by atoms with Crippen molar-refractivity contribution in [2.24, 2.45) is 0 Å². The summed E-state index contributed by atoms with van der Waals surface area (Å²) in [6, 6.07) is 0.577. The third kappa shape index (κ3) is 9.13. The van der Waals surface area contributed by atoms with E-state index in [0.717, 1.165) is 19.6 Å². The number of hydrogen-bond donors (Lipinski definition) is 1. The zero-order chi connectivity index (χ0) is 12.2. The van der Waals surface area contributed by atoms with Crippen LogP contribution >= 0.6 is 0 Å². The minimum atomic E-state index is 0.577. The van der Waals surface area contributed by atoms with E-state index in [1.165, 1.54) is 32.5 Å². The van der Waals surface area contributed by atoms with E-state index in [-0.39, 0.29) is 0 Å². The van der Waals surface area contributed by atoms with Crippen LogP contribution in [0.25, 0.3) is 0 Å². The van der Waals surface area contributed by atoms with E-state index in [2.05, 4.69) is 31.0 Å². The van der Waals surface area contributed by atoms with Gasteiger partial charge in [-0.05, 0) is 52.4 Å². The van der Waals surface area contributed by atoms with Gasteiger partial charge in [0.2, 0.25) is 0 Å². The van der Waals surface area contributed by atoms with Gasteiger partial charge in [0.05, 0.1) is 0 Å². The molecule has 0 aliphatic heterocycles. The van der Waals surface area contributed by atoms with E-state index in [0.29, 0.717) is 6.04 Å². The fourth-order valence-electron chi connectivity index (χ4n) is 1.75. The van der Waals surface area contributed by atoms with Gasteiger partial charge in [0.25, 0.3) is 0 Å². The Bertz CT molecular complexity index is 138. The highest BCUT2D eigenvalue weighted by Gasteiger charge is 2.01. The SMILES string of the molecule is CCN(CC)CCCCNC(C)CCOC. The molecule has 0 heterocycles. The monoisotopic (exact) mass is 230 g/mol. The van der Waals surface area contributed by atoms with Gasteiger partial charge in [0.15, 0.2) is 0 Å². The molecule has 1 N–H and O–H groups in total. The summed E-state index contributed by atoms with van der Waals surface area (Å²) < 4.78 is 5.05. The van der Waals surface area contributed by atoms with Crippen molar-refractivity contribution in [2.45, 2.75) is 46.1 Å². The van der Waals surface area contributed by atoms with Crippen LogP contribution < -0.4 is 5.32 Å². The van der Waals surface area contributed by atoms with Gasteiger partial charge < -0.3 is 15.0 Å². The zero-order valence-electron chi connectivity index (χ0n) is 11.6. The second-order valence-corrected chi connectivity index (χ2v) is 4.37. The van der Waals surface area contributed by atoms with Gasteiger partial charge in [-0.3, -0.25) is 0 Å². The van der Waals surface area contributed by atoms with E-state index in [9.17, 15) is 0 Å². The molecule has 1 unspecified atom stereocenters. The molecular formula is C13H30N2O. The van der Waals surface area contributed by atoms with Crippen LogP contribution in [0.3, 0.4) is 0 Å². The smallest absolute Gasteiger partial charge is 0.0476 e. The first-order valence-electron chi connectivity index (χ1n) is 6.69. The molecule has 0 spiro atoms. The van der Waals surface area contributed by atoms with Crippen molar-refractivity contribution in [3.8, 4) is 0 Å². The lowest BCUT2D eigenvalue weighted by Crippen LogP contribution is -2.29. The standard InChI is InChI=1S/C13H30N2O/c1-5-15(6-2)11-8-7-10-14-13(3)9-12-16-4/h13-14H,5-12H2,1-4H3. The van der Waals surface area contributed by atoms with E-state index in [1.807, 2.05) is 0 Å². The van der Waals surface area contributed by atoms with Crippen LogP contribution in [0, 0.1) is 0 Å². The highest BCUT2D eigenvalue weighted by Crippen LogP contribution is 1.96. The summed E-state index contributed by atoms with van der Waals surface area (Å²) in [7, 11) is 1.76. The molecule has 0 radical (unpaired) electrons. The van der Waals surface area contributed by atoms with Crippen LogP contribution in [0.5, 0.6) is 0 Å². The van der Waals surface area contributed by atoms with Crippen LogP contribution in [0.15, 0.2) is 0 Å². The molecule has 0 aromatic heterocycles. The summed E-state index contributed by atoms with van der Waals surface area (Å²) in [5.41, 5.74) is 0. The van der Waals surface area contributed by atoms with Gasteiger partial charge in [0, 0.05) is 19.8 Å². The lowest BCUT2D eigenvalue weighted by molar-refractivity contribution is 0.184. The summed E-state index contributed by atoms with van der Waals surface area (Å²) in [6.07, 6.45) is 3.67. The Kier molecular flexibility index (Phi) is 11.3. The summed E-state index contributed by atoms with van der Waals surface area (Å²) in [5.74, 6) is 0. The summed E-state index contributed by atoms with van der Waals surface area (Å²) in [6.45, 7) is 12.3. The number of unbranched alkanes of at least 4 members (excludes halogenated alkanes) is 1. The van der Waals surface area contributed by atoms with Gasteiger partial charge in [-0.1, -0.05) is 13.8 Å². The molecule has 0 fully saturated rings. The number of nitrogens with one attached hydrogen (secondary N) is 1. The van der Waals surface area contributed by atoms with Crippen molar-refractivity contribution in [1.29, 1.82) is 0 Å². The quantitative estimate of drug-likeness (QED) is 0.550. The molecule has 3 heteroatoms. The molecule has 0 aromatic carbocycles. The molecule has 0 aromatic rings. The maximum Gasteiger partial charge on any atom is 0.0476 e. The Morgan fingerprint density at radius 2 is 1.88 bits per heavy atom. The normalized spacial score (nSPS) is 13.3. The van der Waals surface area contributed by atoms with Gasteiger partial charge in [-0.15, -0.1) is 0 Å². The molecule has 0 rings (SSSR count). The van der Waals surface area contributed by atoms with Crippen molar-refractivity contribution in [2.75, 3.05) is 39.9 Å². The van der Waals surface area contributed by atoms with Gasteiger partial charge in [-0.25, -0.2) is 0 Å². The van der Waals surface area contributed by atoms with Crippen LogP contribution in [-0.4, -0.2) is 50.8 Å². The predicted molar refractivity (Wildman–Crippen MR) is 71.0 cm³/mol. The van der Waals surface area contributed by atoms with E-state index >= 15 is 0 Å². The van der Waals surface area contributed by atoms with Crippen molar-refractivity contribution in [3.63, 3.8) is 0 Å². The second kappa shape index (κ2) is 11.4. The molecule has 3 nitrogen and oxygen atoms in total. The fourth-order valence-corrected chi connectivity index (χ4v) is 1.75. The minimum Gasteiger partial charge on any atom is -0.385 e. The molecule has 0 amide bonds. The van der Waals surface area contributed by atoms with Crippen molar-refractivity contribution < 1.29 is 4.74 Å². The van der Waals surface area contributed by atoms with Crippen molar-refractivity contribution >= 4 is 0 Å². The van der Waals surface area contributed by atoms with Gasteiger partial charge in [-0.2, -0.15) is 0 Å². The first-order chi connectivity index (χ1) is 7.74. The maximum absolute atomic E-state index is 5.05. The highest BCUT2D eigenvalue weighted by molar-refractivity contribution is 4.61. The average molecular weight is 230 g/mol. The van der Waals surface area contributed by atoms with Gasteiger partial charge >= 0.3 is 0 Å². The average Bonchev–Trinajstić information content (AvgIpc) is 2.31. The molecule has 0 aliphatic rings. The fraction of sp³-hybridized carbons (Fsp3) is 1.00. The van der Waals surface area contributed by atoms with Crippen molar-refractivity contribution in [1.82, 2.24) is 10.2 Å². The molecule has 98 valence electrons. The second-order valence-electron chi connectivity index (χ2n) is 4.37. The predicted octanol–water partition coefficient (Wildman–Crippen LogP) is 2.12. The van der Waals surface area contributed by atoms with Crippen LogP contribution in [0.4, 0.5) is 0 Å². The molecular weight excluding hydrogens is 200 g/mol. The molecule has 0 aliphatic carbocycles. The number of nitrogens with zero attached hydrogens (tertiary/aromatic N) is 1. The first-order valence-corrected chi connectivity index (χ1v) is 6.69. The van der Waals surface area contributed by atoms with E-state index in [1.54, 1.807) is 7.11 Å². The molecule has 0 bridgehead atoms. The molecule has 1 atom stereocenters. The van der Waals surface area contributed by atoms with Crippen LogP contribution in [-0.2, 0) is 4.74 Å². The number of hydrogen-bond acceptors (Lipinski definition) is 3. The summed E-state index contributed by atoms with van der Waals surface area (Å²) >= 11 is 0. The Morgan fingerprint density at radius 1 is 1.19 bits per heavy atom. The largest absolute Gasteiger partial charge is 0.385 e. The lowest BCUT2D eigenvalue weighted by Gasteiger charge is -2.18. The number of rotatable bonds is 11. The Balaban J connectivity index is 3.25. The zero-order valence-corrected chi connectivity index (χ0v) is 11.6. The number of methoxy groups -OCH3 is 1. The Hall–Kier alpha value is -0.120. The first kappa shape index (κ1) is 15.9. The van der Waals surface area contributed by atoms with E-state index < -0.39 is 0 Å². The summed E-state index contributed by atoms with van der Waals surface area (Å²) in [4.78, 5) is 2.48. The van der Waals surface area contributed by atoms with Gasteiger partial charge in [0.1, 0.15) is 0 Å². The van der Waals surface area contributed by atoms with Crippen LogP contribution in [0.1, 0.15) is 40.0 Å². The molecule has 0 saturated carbocycles. The molecule has 0 saturated heterocycles.